The molecule has 1 unspecified atom stereocenters. The van der Waals surface area contributed by atoms with Gasteiger partial charge in [-0.25, -0.2) is 18.4 Å². The molecule has 3 rings (SSSR count). The molecule has 0 spiro atoms. The van der Waals surface area contributed by atoms with Crippen molar-refractivity contribution >= 4 is 15.8 Å². The normalized spacial score (nSPS) is 24.8. The van der Waals surface area contributed by atoms with E-state index in [1.807, 2.05) is 24.3 Å². The van der Waals surface area contributed by atoms with E-state index in [4.69, 9.17) is 0 Å². The number of rotatable bonds is 5. The Labute approximate surface area is 119 Å². The second kappa shape index (κ2) is 5.29. The lowest BCUT2D eigenvalue weighted by molar-refractivity contribution is 0.600. The van der Waals surface area contributed by atoms with Gasteiger partial charge in [0.2, 0.25) is 5.95 Å². The number of hydrogen-bond donors (Lipinski definition) is 1. The van der Waals surface area contributed by atoms with Crippen molar-refractivity contribution in [1.82, 2.24) is 15.3 Å². The molecule has 2 aliphatic rings. The van der Waals surface area contributed by atoms with Crippen LogP contribution in [0.15, 0.2) is 12.4 Å². The Morgan fingerprint density at radius 2 is 2.00 bits per heavy atom. The molecule has 2 heterocycles. The first-order valence-corrected chi connectivity index (χ1v) is 8.83. The van der Waals surface area contributed by atoms with E-state index in [1.54, 1.807) is 0 Å². The molecule has 7 heteroatoms. The molecule has 1 aromatic rings. The third kappa shape index (κ3) is 3.27. The van der Waals surface area contributed by atoms with Crippen molar-refractivity contribution in [3.05, 3.63) is 18.0 Å². The quantitative estimate of drug-likeness (QED) is 0.845. The Kier molecular flexibility index (Phi) is 3.64. The number of sulfone groups is 1. The highest BCUT2D eigenvalue weighted by Crippen LogP contribution is 2.21. The van der Waals surface area contributed by atoms with Crippen molar-refractivity contribution in [2.24, 2.45) is 0 Å². The summed E-state index contributed by atoms with van der Waals surface area (Å²) in [6, 6.07) is 0.663. The van der Waals surface area contributed by atoms with Gasteiger partial charge in [-0.2, -0.15) is 0 Å². The summed E-state index contributed by atoms with van der Waals surface area (Å²) in [6.07, 6.45) is 6.82. The molecular weight excluding hydrogens is 276 g/mol. The SMILES string of the molecule is CN(c1ncc(CNC2CC2)cn1)C1CCS(=O)(=O)C1. The second-order valence-electron chi connectivity index (χ2n) is 5.71. The maximum Gasteiger partial charge on any atom is 0.225 e. The number of nitrogens with one attached hydrogen (secondary N) is 1. The van der Waals surface area contributed by atoms with Crippen LogP contribution in [0.25, 0.3) is 0 Å². The number of hydrogen-bond acceptors (Lipinski definition) is 6. The van der Waals surface area contributed by atoms with E-state index in [9.17, 15) is 8.42 Å². The fraction of sp³-hybridized carbons (Fsp3) is 0.692. The summed E-state index contributed by atoms with van der Waals surface area (Å²) in [4.78, 5) is 10.6. The molecule has 0 aromatic carbocycles. The predicted octanol–water partition coefficient (Wildman–Crippen LogP) is 0.352. The Bertz CT molecular complexity index is 569. The van der Waals surface area contributed by atoms with Crippen LogP contribution in [0.4, 0.5) is 5.95 Å². The molecule has 2 fully saturated rings. The first-order valence-electron chi connectivity index (χ1n) is 7.01. The zero-order chi connectivity index (χ0) is 14.2. The van der Waals surface area contributed by atoms with Crippen LogP contribution in [0, 0.1) is 0 Å². The monoisotopic (exact) mass is 296 g/mol. The Balaban J connectivity index is 1.61. The van der Waals surface area contributed by atoms with Gasteiger partial charge in [0.1, 0.15) is 0 Å². The maximum atomic E-state index is 11.5. The van der Waals surface area contributed by atoms with Crippen molar-refractivity contribution in [2.75, 3.05) is 23.5 Å². The first-order chi connectivity index (χ1) is 9.53. The summed E-state index contributed by atoms with van der Waals surface area (Å²) in [6.45, 7) is 0.798. The standard InChI is InChI=1S/C13H20N4O2S/c1-17(12-4-5-20(18,19)9-12)13-15-7-10(8-16-13)6-14-11-2-3-11/h7-8,11-12,14H,2-6,9H2,1H3. The molecule has 0 radical (unpaired) electrons. The summed E-state index contributed by atoms with van der Waals surface area (Å²) < 4.78 is 23.0. The summed E-state index contributed by atoms with van der Waals surface area (Å²) >= 11 is 0. The van der Waals surface area contributed by atoms with Gasteiger partial charge in [-0.05, 0) is 19.3 Å². The highest BCUT2D eigenvalue weighted by molar-refractivity contribution is 7.91. The molecule has 1 aliphatic carbocycles. The predicted molar refractivity (Wildman–Crippen MR) is 77.4 cm³/mol. The molecule has 1 atom stereocenters. The lowest BCUT2D eigenvalue weighted by atomic mass is 10.2. The van der Waals surface area contributed by atoms with Gasteiger partial charge in [-0.1, -0.05) is 0 Å². The van der Waals surface area contributed by atoms with Crippen LogP contribution >= 0.6 is 0 Å². The van der Waals surface area contributed by atoms with E-state index >= 15 is 0 Å². The second-order valence-corrected chi connectivity index (χ2v) is 7.94. The molecule has 0 bridgehead atoms. The van der Waals surface area contributed by atoms with Gasteiger partial charge in [0, 0.05) is 43.6 Å². The van der Waals surface area contributed by atoms with Crippen LogP contribution in [-0.2, 0) is 16.4 Å². The third-order valence-corrected chi connectivity index (χ3v) is 5.69. The van der Waals surface area contributed by atoms with Crippen molar-refractivity contribution in [3.8, 4) is 0 Å². The number of nitrogens with zero attached hydrogens (tertiary/aromatic N) is 3. The molecular formula is C13H20N4O2S. The fourth-order valence-electron chi connectivity index (χ4n) is 2.42. The van der Waals surface area contributed by atoms with E-state index in [0.717, 1.165) is 12.1 Å². The van der Waals surface area contributed by atoms with Crippen LogP contribution in [0.5, 0.6) is 0 Å². The van der Waals surface area contributed by atoms with Gasteiger partial charge in [0.05, 0.1) is 11.5 Å². The summed E-state index contributed by atoms with van der Waals surface area (Å²) in [5, 5.41) is 3.41. The molecule has 1 saturated heterocycles. The van der Waals surface area contributed by atoms with Gasteiger partial charge in [-0.3, -0.25) is 0 Å². The lowest BCUT2D eigenvalue weighted by Crippen LogP contribution is -2.33. The van der Waals surface area contributed by atoms with Crippen LogP contribution < -0.4 is 10.2 Å². The largest absolute Gasteiger partial charge is 0.340 e. The van der Waals surface area contributed by atoms with Crippen molar-refractivity contribution in [1.29, 1.82) is 0 Å². The van der Waals surface area contributed by atoms with Gasteiger partial charge >= 0.3 is 0 Å². The average Bonchev–Trinajstić information content (AvgIpc) is 3.19. The summed E-state index contributed by atoms with van der Waals surface area (Å²) in [7, 11) is -1.01. The minimum absolute atomic E-state index is 0.00422. The van der Waals surface area contributed by atoms with Crippen LogP contribution in [0.2, 0.25) is 0 Å². The lowest BCUT2D eigenvalue weighted by Gasteiger charge is -2.23. The van der Waals surface area contributed by atoms with Gasteiger partial charge < -0.3 is 10.2 Å². The minimum atomic E-state index is -2.88. The van der Waals surface area contributed by atoms with E-state index in [2.05, 4.69) is 15.3 Å². The van der Waals surface area contributed by atoms with Crippen LogP contribution in [0.1, 0.15) is 24.8 Å². The van der Waals surface area contributed by atoms with E-state index in [1.165, 1.54) is 12.8 Å². The summed E-state index contributed by atoms with van der Waals surface area (Å²) in [5.74, 6) is 1.07. The zero-order valence-electron chi connectivity index (χ0n) is 11.6. The number of anilines is 1. The van der Waals surface area contributed by atoms with E-state index < -0.39 is 9.84 Å². The first kappa shape index (κ1) is 13.8. The molecule has 110 valence electrons. The van der Waals surface area contributed by atoms with Crippen molar-refractivity contribution < 1.29 is 8.42 Å². The zero-order valence-corrected chi connectivity index (χ0v) is 12.4. The van der Waals surface area contributed by atoms with E-state index in [-0.39, 0.29) is 17.5 Å². The van der Waals surface area contributed by atoms with Crippen LogP contribution in [-0.4, -0.2) is 49.0 Å². The van der Waals surface area contributed by atoms with Gasteiger partial charge in [0.15, 0.2) is 9.84 Å². The highest BCUT2D eigenvalue weighted by atomic mass is 32.2. The molecule has 1 aromatic heterocycles. The van der Waals surface area contributed by atoms with Gasteiger partial charge in [-0.15, -0.1) is 0 Å². The average molecular weight is 296 g/mol. The smallest absolute Gasteiger partial charge is 0.225 e. The third-order valence-electron chi connectivity index (χ3n) is 3.94. The van der Waals surface area contributed by atoms with Crippen molar-refractivity contribution in [2.45, 2.75) is 37.9 Å². The Morgan fingerprint density at radius 1 is 1.30 bits per heavy atom. The molecule has 1 aliphatic heterocycles. The molecule has 0 amide bonds. The Hall–Kier alpha value is -1.21. The summed E-state index contributed by atoms with van der Waals surface area (Å²) in [5.41, 5.74) is 1.06. The highest BCUT2D eigenvalue weighted by Gasteiger charge is 2.31. The maximum absolute atomic E-state index is 11.5. The molecule has 6 nitrogen and oxygen atoms in total. The van der Waals surface area contributed by atoms with Gasteiger partial charge in [0.25, 0.3) is 0 Å². The van der Waals surface area contributed by atoms with Crippen molar-refractivity contribution in [3.63, 3.8) is 0 Å². The fourth-order valence-corrected chi connectivity index (χ4v) is 4.19. The number of aromatic nitrogens is 2. The molecule has 1 saturated carbocycles. The minimum Gasteiger partial charge on any atom is -0.340 e. The molecule has 1 N–H and O–H groups in total. The Morgan fingerprint density at radius 3 is 2.55 bits per heavy atom. The molecule has 20 heavy (non-hydrogen) atoms. The topological polar surface area (TPSA) is 75.2 Å². The van der Waals surface area contributed by atoms with E-state index in [0.29, 0.717) is 18.4 Å². The van der Waals surface area contributed by atoms with Crippen LogP contribution in [0.3, 0.4) is 0 Å².